The Labute approximate surface area is 168 Å². The van der Waals surface area contributed by atoms with E-state index in [-0.39, 0.29) is 11.2 Å². The fourth-order valence-electron chi connectivity index (χ4n) is 4.78. The van der Waals surface area contributed by atoms with Crippen LogP contribution in [0.3, 0.4) is 0 Å². The molecule has 140 valence electrons. The lowest BCUT2D eigenvalue weighted by atomic mass is 9.82. The van der Waals surface area contributed by atoms with Gasteiger partial charge in [0, 0.05) is 22.4 Å². The third-order valence-electron chi connectivity index (χ3n) is 6.24. The van der Waals surface area contributed by atoms with Gasteiger partial charge in [-0.3, -0.25) is 4.98 Å². The highest BCUT2D eigenvalue weighted by molar-refractivity contribution is 6.12. The normalized spacial score (nSPS) is 14.3. The van der Waals surface area contributed by atoms with Gasteiger partial charge in [-0.25, -0.2) is 0 Å². The van der Waals surface area contributed by atoms with Crippen LogP contribution in [-0.4, -0.2) is 10.1 Å². The minimum Gasteiger partial charge on any atom is -0.507 e. The Kier molecular flexibility index (Phi) is 3.09. The van der Waals surface area contributed by atoms with E-state index in [9.17, 15) is 5.11 Å². The van der Waals surface area contributed by atoms with Crippen LogP contribution >= 0.6 is 0 Å². The van der Waals surface area contributed by atoms with Crippen LogP contribution < -0.4 is 0 Å². The van der Waals surface area contributed by atoms with E-state index in [4.69, 9.17) is 4.42 Å². The zero-order valence-corrected chi connectivity index (χ0v) is 16.2. The summed E-state index contributed by atoms with van der Waals surface area (Å²) in [5.74, 6) is 0.175. The summed E-state index contributed by atoms with van der Waals surface area (Å²) in [6, 6.07) is 22.3. The van der Waals surface area contributed by atoms with Crippen LogP contribution in [0.2, 0.25) is 0 Å². The van der Waals surface area contributed by atoms with Crippen molar-refractivity contribution in [3.8, 4) is 28.1 Å². The third-order valence-corrected chi connectivity index (χ3v) is 6.24. The van der Waals surface area contributed by atoms with Gasteiger partial charge in [0.2, 0.25) is 0 Å². The van der Waals surface area contributed by atoms with Gasteiger partial charge in [-0.2, -0.15) is 0 Å². The van der Waals surface area contributed by atoms with Crippen LogP contribution in [0.1, 0.15) is 25.0 Å². The summed E-state index contributed by atoms with van der Waals surface area (Å²) in [5, 5.41) is 12.6. The van der Waals surface area contributed by atoms with Crippen molar-refractivity contribution in [3.63, 3.8) is 0 Å². The molecule has 2 aromatic heterocycles. The number of aromatic nitrogens is 1. The Morgan fingerprint density at radius 1 is 0.828 bits per heavy atom. The quantitative estimate of drug-likeness (QED) is 0.355. The van der Waals surface area contributed by atoms with Gasteiger partial charge >= 0.3 is 0 Å². The number of hydrogen-bond acceptors (Lipinski definition) is 3. The van der Waals surface area contributed by atoms with Crippen LogP contribution in [0.25, 0.3) is 44.3 Å². The molecule has 0 saturated carbocycles. The highest BCUT2D eigenvalue weighted by atomic mass is 16.3. The highest BCUT2D eigenvalue weighted by Crippen LogP contribution is 2.51. The van der Waals surface area contributed by atoms with Gasteiger partial charge in [0.1, 0.15) is 16.9 Å². The summed E-state index contributed by atoms with van der Waals surface area (Å²) in [6.45, 7) is 4.55. The van der Waals surface area contributed by atoms with E-state index in [1.54, 1.807) is 12.3 Å². The van der Waals surface area contributed by atoms with Crippen molar-refractivity contribution < 1.29 is 9.52 Å². The van der Waals surface area contributed by atoms with Crippen LogP contribution in [0.15, 0.2) is 77.3 Å². The second kappa shape index (κ2) is 5.48. The molecule has 3 nitrogen and oxygen atoms in total. The smallest absolute Gasteiger partial charge is 0.148 e. The van der Waals surface area contributed by atoms with Gasteiger partial charge in [0.25, 0.3) is 0 Å². The Morgan fingerprint density at radius 3 is 2.48 bits per heavy atom. The lowest BCUT2D eigenvalue weighted by Gasteiger charge is -2.21. The largest absolute Gasteiger partial charge is 0.507 e. The first-order chi connectivity index (χ1) is 14.1. The number of phenolic OH excluding ortho intramolecular Hbond substituents is 1. The summed E-state index contributed by atoms with van der Waals surface area (Å²) in [4.78, 5) is 4.43. The SMILES string of the molecule is CC1(C)c2ccccc2-c2cc3oc4c(-c5ccccn5)c(O)ccc4c3cc21. The second-order valence-corrected chi connectivity index (χ2v) is 8.22. The number of benzene rings is 3. The molecular weight excluding hydrogens is 358 g/mol. The molecule has 6 rings (SSSR count). The summed E-state index contributed by atoms with van der Waals surface area (Å²) in [6.07, 6.45) is 1.73. The van der Waals surface area contributed by atoms with Gasteiger partial charge in [-0.1, -0.05) is 44.2 Å². The van der Waals surface area contributed by atoms with E-state index < -0.39 is 0 Å². The molecule has 0 atom stereocenters. The van der Waals surface area contributed by atoms with Gasteiger partial charge in [0.05, 0.1) is 11.3 Å². The molecule has 0 fully saturated rings. The van der Waals surface area contributed by atoms with E-state index >= 15 is 0 Å². The van der Waals surface area contributed by atoms with Crippen molar-refractivity contribution in [2.24, 2.45) is 0 Å². The number of pyridine rings is 1. The molecular formula is C26H19NO2. The Bertz CT molecular complexity index is 1430. The number of nitrogens with zero attached hydrogens (tertiary/aromatic N) is 1. The molecule has 0 saturated heterocycles. The van der Waals surface area contributed by atoms with E-state index in [1.165, 1.54) is 22.3 Å². The summed E-state index contributed by atoms with van der Waals surface area (Å²) < 4.78 is 6.33. The molecule has 1 aliphatic rings. The predicted molar refractivity (Wildman–Crippen MR) is 116 cm³/mol. The lowest BCUT2D eigenvalue weighted by molar-refractivity contribution is 0.477. The lowest BCUT2D eigenvalue weighted by Crippen LogP contribution is -2.14. The first kappa shape index (κ1) is 16.4. The molecule has 1 aliphatic carbocycles. The van der Waals surface area contributed by atoms with E-state index in [1.807, 2.05) is 24.3 Å². The first-order valence-corrected chi connectivity index (χ1v) is 9.80. The fourth-order valence-corrected chi connectivity index (χ4v) is 4.78. The van der Waals surface area contributed by atoms with Crippen molar-refractivity contribution in [3.05, 3.63) is 84.1 Å². The Balaban J connectivity index is 1.71. The van der Waals surface area contributed by atoms with E-state index in [0.29, 0.717) is 16.8 Å². The molecule has 3 aromatic carbocycles. The average Bonchev–Trinajstić information content (AvgIpc) is 3.20. The first-order valence-electron chi connectivity index (χ1n) is 9.80. The molecule has 0 bridgehead atoms. The molecule has 0 radical (unpaired) electrons. The summed E-state index contributed by atoms with van der Waals surface area (Å²) in [7, 11) is 0. The van der Waals surface area contributed by atoms with Crippen LogP contribution in [0.4, 0.5) is 0 Å². The fraction of sp³-hybridized carbons (Fsp3) is 0.115. The molecule has 1 N–H and O–H groups in total. The van der Waals surface area contributed by atoms with Crippen LogP contribution in [0, 0.1) is 0 Å². The number of furan rings is 1. The number of hydrogen-bond donors (Lipinski definition) is 1. The van der Waals surface area contributed by atoms with E-state index in [2.05, 4.69) is 55.2 Å². The van der Waals surface area contributed by atoms with Gasteiger partial charge in [0.15, 0.2) is 0 Å². The second-order valence-electron chi connectivity index (χ2n) is 8.22. The van der Waals surface area contributed by atoms with Gasteiger partial charge in [-0.05, 0) is 58.7 Å². The molecule has 29 heavy (non-hydrogen) atoms. The Morgan fingerprint density at radius 2 is 1.66 bits per heavy atom. The maximum atomic E-state index is 10.6. The molecule has 2 heterocycles. The molecule has 5 aromatic rings. The van der Waals surface area contributed by atoms with E-state index in [0.717, 1.165) is 16.4 Å². The van der Waals surface area contributed by atoms with Crippen molar-refractivity contribution in [2.75, 3.05) is 0 Å². The minimum absolute atomic E-state index is 0.0650. The van der Waals surface area contributed by atoms with Crippen molar-refractivity contribution in [1.29, 1.82) is 0 Å². The molecule has 0 aliphatic heterocycles. The number of aromatic hydroxyl groups is 1. The summed E-state index contributed by atoms with van der Waals surface area (Å²) in [5.41, 5.74) is 7.92. The van der Waals surface area contributed by atoms with Gasteiger partial charge < -0.3 is 9.52 Å². The Hall–Kier alpha value is -3.59. The van der Waals surface area contributed by atoms with Crippen molar-refractivity contribution >= 4 is 21.9 Å². The summed E-state index contributed by atoms with van der Waals surface area (Å²) >= 11 is 0. The minimum atomic E-state index is -0.0650. The molecule has 3 heteroatoms. The van der Waals surface area contributed by atoms with Crippen LogP contribution in [0.5, 0.6) is 5.75 Å². The zero-order chi connectivity index (χ0) is 19.8. The predicted octanol–water partition coefficient (Wildman–Crippen LogP) is 6.66. The average molecular weight is 377 g/mol. The van der Waals surface area contributed by atoms with Crippen molar-refractivity contribution in [2.45, 2.75) is 19.3 Å². The van der Waals surface area contributed by atoms with Crippen molar-refractivity contribution in [1.82, 2.24) is 4.98 Å². The standard InChI is InChI=1S/C26H19NO2/c1-26(2)19-8-4-3-7-15(19)17-14-23-18(13-20(17)26)16-10-11-22(28)24(25(16)29-23)21-9-5-6-12-27-21/h3-14,28H,1-2H3. The molecule has 0 amide bonds. The number of phenols is 1. The topological polar surface area (TPSA) is 46.3 Å². The highest BCUT2D eigenvalue weighted by Gasteiger charge is 2.36. The third kappa shape index (κ3) is 2.10. The van der Waals surface area contributed by atoms with Gasteiger partial charge in [-0.15, -0.1) is 0 Å². The van der Waals surface area contributed by atoms with Crippen LogP contribution in [-0.2, 0) is 5.41 Å². The number of fused-ring (bicyclic) bond motifs is 6. The maximum Gasteiger partial charge on any atom is 0.148 e. The zero-order valence-electron chi connectivity index (χ0n) is 16.2. The maximum absolute atomic E-state index is 10.6. The molecule has 0 unspecified atom stereocenters. The monoisotopic (exact) mass is 377 g/mol. The molecule has 0 spiro atoms. The number of rotatable bonds is 1.